The van der Waals surface area contributed by atoms with E-state index in [2.05, 4.69) is 4.98 Å². The van der Waals surface area contributed by atoms with Gasteiger partial charge in [0.05, 0.1) is 5.25 Å². The van der Waals surface area contributed by atoms with Gasteiger partial charge in [-0.3, -0.25) is 0 Å². The van der Waals surface area contributed by atoms with E-state index < -0.39 is 17.6 Å². The standard InChI is InChI=1S/C8H9F2NO2S2/c1-2-5(6(9)10)15-8-11-4(3-14-8)7(12)13/h3,5-6H,2H2,1H3,(H,12,13). The van der Waals surface area contributed by atoms with Crippen molar-refractivity contribution in [3.8, 4) is 0 Å². The first-order valence-corrected chi connectivity index (χ1v) is 5.94. The summed E-state index contributed by atoms with van der Waals surface area (Å²) in [7, 11) is 0. The van der Waals surface area contributed by atoms with E-state index in [0.29, 0.717) is 10.8 Å². The Bertz CT molecular complexity index is 343. The third kappa shape index (κ3) is 3.42. The number of halogens is 2. The number of carboxylic acids is 1. The third-order valence-corrected chi connectivity index (χ3v) is 3.98. The number of rotatable bonds is 5. The number of thioether (sulfide) groups is 1. The summed E-state index contributed by atoms with van der Waals surface area (Å²) in [5.41, 5.74) is -0.0911. The number of carboxylic acid groups (broad SMARTS) is 1. The van der Waals surface area contributed by atoms with Gasteiger partial charge in [-0.2, -0.15) is 0 Å². The molecule has 1 unspecified atom stereocenters. The molecular formula is C8H9F2NO2S2. The minimum absolute atomic E-state index is 0.0911. The van der Waals surface area contributed by atoms with Gasteiger partial charge in [-0.15, -0.1) is 11.3 Å². The molecule has 0 saturated heterocycles. The van der Waals surface area contributed by atoms with Crippen molar-refractivity contribution in [1.29, 1.82) is 0 Å². The molecule has 0 aliphatic rings. The quantitative estimate of drug-likeness (QED) is 0.820. The van der Waals surface area contributed by atoms with E-state index in [0.717, 1.165) is 23.1 Å². The summed E-state index contributed by atoms with van der Waals surface area (Å²) < 4.78 is 25.2. The van der Waals surface area contributed by atoms with Crippen molar-refractivity contribution in [3.63, 3.8) is 0 Å². The Morgan fingerprint density at radius 1 is 1.73 bits per heavy atom. The largest absolute Gasteiger partial charge is 0.476 e. The fourth-order valence-electron chi connectivity index (χ4n) is 0.852. The number of thiazole rings is 1. The van der Waals surface area contributed by atoms with Crippen LogP contribution in [0.2, 0.25) is 0 Å². The van der Waals surface area contributed by atoms with Crippen molar-refractivity contribution in [2.45, 2.75) is 29.4 Å². The second-order valence-electron chi connectivity index (χ2n) is 2.70. The van der Waals surface area contributed by atoms with Crippen molar-refractivity contribution >= 4 is 29.1 Å². The molecule has 3 nitrogen and oxygen atoms in total. The van der Waals surface area contributed by atoms with Crippen molar-refractivity contribution < 1.29 is 18.7 Å². The van der Waals surface area contributed by atoms with E-state index in [1.165, 1.54) is 5.38 Å². The molecule has 0 bridgehead atoms. The molecule has 7 heteroatoms. The van der Waals surface area contributed by atoms with Crippen LogP contribution in [0.5, 0.6) is 0 Å². The average molecular weight is 253 g/mol. The predicted octanol–water partition coefficient (Wildman–Crippen LogP) is 2.98. The first-order chi connectivity index (χ1) is 7.04. The molecule has 15 heavy (non-hydrogen) atoms. The summed E-state index contributed by atoms with van der Waals surface area (Å²) >= 11 is 2.01. The molecule has 1 aromatic rings. The van der Waals surface area contributed by atoms with Crippen LogP contribution in [0.1, 0.15) is 23.8 Å². The SMILES string of the molecule is CCC(Sc1nc(C(=O)O)cs1)C(F)F. The molecule has 1 N–H and O–H groups in total. The highest BCUT2D eigenvalue weighted by atomic mass is 32.2. The third-order valence-electron chi connectivity index (χ3n) is 1.64. The highest BCUT2D eigenvalue weighted by Crippen LogP contribution is 2.31. The van der Waals surface area contributed by atoms with Gasteiger partial charge in [-0.05, 0) is 6.42 Å². The van der Waals surface area contributed by atoms with Gasteiger partial charge in [0.2, 0.25) is 0 Å². The lowest BCUT2D eigenvalue weighted by atomic mass is 10.3. The van der Waals surface area contributed by atoms with E-state index in [-0.39, 0.29) is 5.69 Å². The van der Waals surface area contributed by atoms with Crippen LogP contribution in [-0.2, 0) is 0 Å². The number of nitrogens with zero attached hydrogens (tertiary/aromatic N) is 1. The molecular weight excluding hydrogens is 244 g/mol. The lowest BCUT2D eigenvalue weighted by Crippen LogP contribution is -2.12. The van der Waals surface area contributed by atoms with Gasteiger partial charge in [-0.25, -0.2) is 18.6 Å². The van der Waals surface area contributed by atoms with Gasteiger partial charge >= 0.3 is 5.97 Å². The highest BCUT2D eigenvalue weighted by Gasteiger charge is 2.21. The van der Waals surface area contributed by atoms with Gasteiger partial charge in [0, 0.05) is 5.38 Å². The smallest absolute Gasteiger partial charge is 0.355 e. The van der Waals surface area contributed by atoms with Crippen LogP contribution in [-0.4, -0.2) is 27.7 Å². The Morgan fingerprint density at radius 2 is 2.40 bits per heavy atom. The van der Waals surface area contributed by atoms with Gasteiger partial charge in [-0.1, -0.05) is 18.7 Å². The molecule has 0 fully saturated rings. The van der Waals surface area contributed by atoms with Crippen molar-refractivity contribution in [1.82, 2.24) is 4.98 Å². The van der Waals surface area contributed by atoms with Gasteiger partial charge < -0.3 is 5.11 Å². The van der Waals surface area contributed by atoms with Gasteiger partial charge in [0.15, 0.2) is 10.0 Å². The zero-order valence-corrected chi connectivity index (χ0v) is 9.45. The maximum Gasteiger partial charge on any atom is 0.355 e. The minimum atomic E-state index is -2.42. The van der Waals surface area contributed by atoms with Crippen LogP contribution in [0.4, 0.5) is 8.78 Å². The molecule has 0 aliphatic carbocycles. The fourth-order valence-corrected chi connectivity index (χ4v) is 2.79. The van der Waals surface area contributed by atoms with E-state index >= 15 is 0 Å². The summed E-state index contributed by atoms with van der Waals surface area (Å²) in [5, 5.41) is 9.11. The molecule has 1 aromatic heterocycles. The Morgan fingerprint density at radius 3 is 2.80 bits per heavy atom. The van der Waals surface area contributed by atoms with Crippen LogP contribution in [0.3, 0.4) is 0 Å². The maximum absolute atomic E-state index is 12.4. The summed E-state index contributed by atoms with van der Waals surface area (Å²) in [4.78, 5) is 14.2. The van der Waals surface area contributed by atoms with Crippen LogP contribution in [0.25, 0.3) is 0 Å². The van der Waals surface area contributed by atoms with Crippen molar-refractivity contribution in [2.75, 3.05) is 0 Å². The number of hydrogen-bond donors (Lipinski definition) is 1. The van der Waals surface area contributed by atoms with E-state index in [4.69, 9.17) is 5.11 Å². The Hall–Kier alpha value is -0.690. The molecule has 0 saturated carbocycles. The second kappa shape index (κ2) is 5.41. The predicted molar refractivity (Wildman–Crippen MR) is 55.0 cm³/mol. The molecule has 84 valence electrons. The Balaban J connectivity index is 2.67. The van der Waals surface area contributed by atoms with Crippen molar-refractivity contribution in [3.05, 3.63) is 11.1 Å². The molecule has 0 aliphatic heterocycles. The maximum atomic E-state index is 12.4. The first-order valence-electron chi connectivity index (χ1n) is 4.18. The Labute approximate surface area is 93.5 Å². The normalized spacial score (nSPS) is 13.1. The Kier molecular flexibility index (Phi) is 4.46. The fraction of sp³-hybridized carbons (Fsp3) is 0.500. The number of hydrogen-bond acceptors (Lipinski definition) is 4. The molecule has 0 amide bonds. The lowest BCUT2D eigenvalue weighted by Gasteiger charge is -2.10. The number of aromatic carboxylic acids is 1. The van der Waals surface area contributed by atoms with E-state index in [9.17, 15) is 13.6 Å². The van der Waals surface area contributed by atoms with Gasteiger partial charge in [0.25, 0.3) is 6.43 Å². The van der Waals surface area contributed by atoms with Crippen LogP contribution in [0.15, 0.2) is 9.72 Å². The number of aromatic nitrogens is 1. The molecule has 0 radical (unpaired) electrons. The van der Waals surface area contributed by atoms with Crippen LogP contribution < -0.4 is 0 Å². The summed E-state index contributed by atoms with van der Waals surface area (Å²) in [6, 6.07) is 0. The zero-order chi connectivity index (χ0) is 11.4. The molecule has 1 atom stereocenters. The zero-order valence-electron chi connectivity index (χ0n) is 7.81. The first kappa shape index (κ1) is 12.4. The van der Waals surface area contributed by atoms with E-state index in [1.54, 1.807) is 6.92 Å². The summed E-state index contributed by atoms with van der Waals surface area (Å²) in [5.74, 6) is -1.14. The molecule has 1 heterocycles. The van der Waals surface area contributed by atoms with Crippen LogP contribution >= 0.6 is 23.1 Å². The highest BCUT2D eigenvalue weighted by molar-refractivity contribution is 8.01. The second-order valence-corrected chi connectivity index (χ2v) is 5.05. The topological polar surface area (TPSA) is 50.2 Å². The monoisotopic (exact) mass is 253 g/mol. The number of alkyl halides is 2. The average Bonchev–Trinajstić information content (AvgIpc) is 2.61. The summed E-state index contributed by atoms with van der Waals surface area (Å²) in [6.45, 7) is 1.66. The van der Waals surface area contributed by atoms with Gasteiger partial charge in [0.1, 0.15) is 0 Å². The minimum Gasteiger partial charge on any atom is -0.476 e. The molecule has 0 aromatic carbocycles. The van der Waals surface area contributed by atoms with Crippen molar-refractivity contribution in [2.24, 2.45) is 0 Å². The molecule has 0 spiro atoms. The number of carbonyl (C=O) groups is 1. The summed E-state index contributed by atoms with van der Waals surface area (Å²) in [6.07, 6.45) is -2.10. The lowest BCUT2D eigenvalue weighted by molar-refractivity contribution is 0.0691. The van der Waals surface area contributed by atoms with E-state index in [1.807, 2.05) is 0 Å². The van der Waals surface area contributed by atoms with Crippen LogP contribution in [0, 0.1) is 0 Å². The molecule has 1 rings (SSSR count).